The maximum absolute atomic E-state index is 13.1. The third kappa shape index (κ3) is 44.2. The average molecular weight is 1050 g/mol. The Bertz CT molecular complexity index is 1410. The topological polar surface area (TPSA) is 149 Å². The van der Waals surface area contributed by atoms with Gasteiger partial charge >= 0.3 is 0 Å². The van der Waals surface area contributed by atoms with Crippen LogP contribution in [0.1, 0.15) is 284 Å². The Morgan fingerprint density at radius 3 is 1.28 bits per heavy atom. The van der Waals surface area contributed by atoms with Crippen molar-refractivity contribution >= 4 is 5.91 Å². The molecule has 9 heteroatoms. The molecular weight excluding hydrogens is 935 g/mol. The van der Waals surface area contributed by atoms with Gasteiger partial charge in [0.2, 0.25) is 5.91 Å². The van der Waals surface area contributed by atoms with Gasteiger partial charge < -0.3 is 40.3 Å². The summed E-state index contributed by atoms with van der Waals surface area (Å²) >= 11 is 0. The number of aliphatic hydroxyl groups is 5. The number of ether oxygens (including phenoxy) is 2. The first-order valence-corrected chi connectivity index (χ1v) is 31.7. The van der Waals surface area contributed by atoms with Crippen molar-refractivity contribution in [1.29, 1.82) is 0 Å². The minimum atomic E-state index is -1.57. The molecule has 0 aromatic rings. The van der Waals surface area contributed by atoms with Gasteiger partial charge in [-0.25, -0.2) is 0 Å². The maximum atomic E-state index is 13.1. The predicted molar refractivity (Wildman–Crippen MR) is 318 cm³/mol. The van der Waals surface area contributed by atoms with Crippen molar-refractivity contribution in [2.75, 3.05) is 13.2 Å². The molecule has 0 aromatic carbocycles. The Labute approximate surface area is 461 Å². The minimum absolute atomic E-state index is 0.184. The fourth-order valence-corrected chi connectivity index (χ4v) is 9.81. The number of aliphatic hydroxyl groups excluding tert-OH is 5. The van der Waals surface area contributed by atoms with Crippen LogP contribution in [0.5, 0.6) is 0 Å². The van der Waals surface area contributed by atoms with E-state index in [0.29, 0.717) is 6.42 Å². The van der Waals surface area contributed by atoms with Crippen LogP contribution in [-0.4, -0.2) is 87.5 Å². The second-order valence-corrected chi connectivity index (χ2v) is 21.8. The van der Waals surface area contributed by atoms with Crippen molar-refractivity contribution in [2.24, 2.45) is 0 Å². The van der Waals surface area contributed by atoms with E-state index < -0.39 is 49.5 Å². The molecule has 7 atom stereocenters. The standard InChI is InChI=1S/C66H119NO8/c1-3-5-7-9-11-13-15-17-19-21-23-25-26-27-28-29-30-31-32-33-34-36-38-40-42-44-46-48-50-52-54-56-62(70)67-59(58-74-66-65(73)64(72)63(71)61(57-68)75-66)60(69)55-53-51-49-47-45-43-41-39-37-35-24-22-20-18-16-14-12-10-8-6-4-2/h5,7,11,13,17,19,23,25,45,47,53,55,59-61,63-66,68-69,71-73H,3-4,6,8-10,12,14-16,18,20-22,24,26-44,46,48-52,54,56-58H2,1-2H3,(H,67,70)/b7-5-,13-11-,19-17-,25-23-,47-45+,55-53+. The molecule has 1 rings (SSSR count). The summed E-state index contributed by atoms with van der Waals surface area (Å²) in [5.74, 6) is -0.184. The van der Waals surface area contributed by atoms with Gasteiger partial charge in [-0.2, -0.15) is 0 Å². The first kappa shape index (κ1) is 70.6. The number of allylic oxidation sites excluding steroid dienone is 11. The lowest BCUT2D eigenvalue weighted by molar-refractivity contribution is -0.302. The van der Waals surface area contributed by atoms with E-state index in [4.69, 9.17) is 9.47 Å². The highest BCUT2D eigenvalue weighted by molar-refractivity contribution is 5.76. The highest BCUT2D eigenvalue weighted by Gasteiger charge is 2.44. The van der Waals surface area contributed by atoms with Crippen LogP contribution in [0.4, 0.5) is 0 Å². The normalized spacial score (nSPS) is 19.4. The summed E-state index contributed by atoms with van der Waals surface area (Å²) in [7, 11) is 0. The molecule has 0 aromatic heterocycles. The van der Waals surface area contributed by atoms with Crippen LogP contribution in [-0.2, 0) is 14.3 Å². The number of rotatable bonds is 54. The zero-order valence-corrected chi connectivity index (χ0v) is 48.5. The van der Waals surface area contributed by atoms with Crippen LogP contribution in [0.25, 0.3) is 0 Å². The van der Waals surface area contributed by atoms with Gasteiger partial charge in [0.25, 0.3) is 0 Å². The summed E-state index contributed by atoms with van der Waals surface area (Å²) in [5, 5.41) is 54.6. The van der Waals surface area contributed by atoms with Crippen LogP contribution in [0.3, 0.4) is 0 Å². The molecule has 1 aliphatic heterocycles. The average Bonchev–Trinajstić information content (AvgIpc) is 3.41. The highest BCUT2D eigenvalue weighted by atomic mass is 16.7. The molecule has 9 nitrogen and oxygen atoms in total. The summed E-state index contributed by atoms with van der Waals surface area (Å²) in [4.78, 5) is 13.1. The Kier molecular flexibility index (Phi) is 51.8. The van der Waals surface area contributed by atoms with Gasteiger partial charge in [0.15, 0.2) is 6.29 Å². The molecule has 0 saturated carbocycles. The van der Waals surface area contributed by atoms with Crippen LogP contribution in [0.2, 0.25) is 0 Å². The van der Waals surface area contributed by atoms with E-state index in [0.717, 1.165) is 64.2 Å². The second-order valence-electron chi connectivity index (χ2n) is 21.8. The Morgan fingerprint density at radius 1 is 0.467 bits per heavy atom. The number of unbranched alkanes of at least 4 members (excludes halogenated alkanes) is 34. The number of carbonyl (C=O) groups is 1. The lowest BCUT2D eigenvalue weighted by Gasteiger charge is -2.40. The summed E-state index contributed by atoms with van der Waals surface area (Å²) in [6.07, 6.45) is 69.9. The van der Waals surface area contributed by atoms with Gasteiger partial charge in [-0.1, -0.05) is 279 Å². The molecule has 1 saturated heterocycles. The lowest BCUT2D eigenvalue weighted by atomic mass is 9.99. The van der Waals surface area contributed by atoms with E-state index in [1.165, 1.54) is 199 Å². The van der Waals surface area contributed by atoms with Crippen LogP contribution < -0.4 is 5.32 Å². The van der Waals surface area contributed by atoms with Crippen LogP contribution in [0, 0.1) is 0 Å². The number of amides is 1. The third-order valence-electron chi connectivity index (χ3n) is 14.8. The van der Waals surface area contributed by atoms with E-state index in [2.05, 4.69) is 79.9 Å². The van der Waals surface area contributed by atoms with Crippen LogP contribution >= 0.6 is 0 Å². The fourth-order valence-electron chi connectivity index (χ4n) is 9.81. The van der Waals surface area contributed by atoms with Gasteiger partial charge in [-0.15, -0.1) is 0 Å². The number of hydrogen-bond acceptors (Lipinski definition) is 8. The molecule has 0 spiro atoms. The first-order valence-electron chi connectivity index (χ1n) is 31.7. The van der Waals surface area contributed by atoms with Crippen molar-refractivity contribution < 1.29 is 39.8 Å². The van der Waals surface area contributed by atoms with Crippen molar-refractivity contribution in [3.8, 4) is 0 Å². The Balaban J connectivity index is 2.17. The SMILES string of the molecule is CC/C=C\C/C=C\C/C=C\C/C=C\CCCCCCCCCCCCCCCCCCCCC(=O)NC(COC1OC(CO)C(O)C(O)C1O)C(O)/C=C/CC/C=C/CCCCCCCCCCCCCCCCC. The summed E-state index contributed by atoms with van der Waals surface area (Å²) in [6, 6.07) is -0.824. The van der Waals surface area contributed by atoms with Gasteiger partial charge in [0.05, 0.1) is 25.4 Å². The van der Waals surface area contributed by atoms with Gasteiger partial charge in [-0.3, -0.25) is 4.79 Å². The Hall–Kier alpha value is -2.37. The lowest BCUT2D eigenvalue weighted by Crippen LogP contribution is -2.60. The molecule has 1 aliphatic rings. The highest BCUT2D eigenvalue weighted by Crippen LogP contribution is 2.23. The van der Waals surface area contributed by atoms with E-state index in [-0.39, 0.29) is 12.5 Å². The van der Waals surface area contributed by atoms with Gasteiger partial charge in [0.1, 0.15) is 24.4 Å². The zero-order chi connectivity index (χ0) is 54.3. The van der Waals surface area contributed by atoms with Crippen LogP contribution in [0.15, 0.2) is 72.9 Å². The van der Waals surface area contributed by atoms with Gasteiger partial charge in [-0.05, 0) is 70.6 Å². The molecule has 1 amide bonds. The second kappa shape index (κ2) is 55.0. The monoisotopic (exact) mass is 1050 g/mol. The van der Waals surface area contributed by atoms with Gasteiger partial charge in [0, 0.05) is 6.42 Å². The molecule has 6 N–H and O–H groups in total. The van der Waals surface area contributed by atoms with E-state index in [1.807, 2.05) is 6.08 Å². The molecular formula is C66H119NO8. The van der Waals surface area contributed by atoms with Crippen molar-refractivity contribution in [2.45, 2.75) is 326 Å². The van der Waals surface area contributed by atoms with Crippen molar-refractivity contribution in [3.63, 3.8) is 0 Å². The predicted octanol–water partition coefficient (Wildman–Crippen LogP) is 16.4. The molecule has 0 radical (unpaired) electrons. The molecule has 436 valence electrons. The molecule has 0 bridgehead atoms. The quantitative estimate of drug-likeness (QED) is 0.0261. The smallest absolute Gasteiger partial charge is 0.220 e. The third-order valence-corrected chi connectivity index (χ3v) is 14.8. The first-order chi connectivity index (χ1) is 36.8. The largest absolute Gasteiger partial charge is 0.394 e. The molecule has 75 heavy (non-hydrogen) atoms. The van der Waals surface area contributed by atoms with E-state index in [1.54, 1.807) is 6.08 Å². The Morgan fingerprint density at radius 2 is 0.840 bits per heavy atom. The maximum Gasteiger partial charge on any atom is 0.220 e. The zero-order valence-electron chi connectivity index (χ0n) is 48.5. The molecule has 1 fully saturated rings. The summed E-state index contributed by atoms with van der Waals surface area (Å²) in [5.41, 5.74) is 0. The minimum Gasteiger partial charge on any atom is -0.394 e. The number of hydrogen-bond donors (Lipinski definition) is 6. The molecule has 1 heterocycles. The van der Waals surface area contributed by atoms with Crippen molar-refractivity contribution in [1.82, 2.24) is 5.32 Å². The van der Waals surface area contributed by atoms with Crippen molar-refractivity contribution in [3.05, 3.63) is 72.9 Å². The molecule has 0 aliphatic carbocycles. The summed E-state index contributed by atoms with van der Waals surface area (Å²) in [6.45, 7) is 3.68. The number of nitrogens with one attached hydrogen (secondary N) is 1. The summed E-state index contributed by atoms with van der Waals surface area (Å²) < 4.78 is 11.3. The van der Waals surface area contributed by atoms with E-state index in [9.17, 15) is 30.3 Å². The molecule has 7 unspecified atom stereocenters. The number of carbonyl (C=O) groups excluding carboxylic acids is 1. The fraction of sp³-hybridized carbons (Fsp3) is 0.803. The van der Waals surface area contributed by atoms with E-state index >= 15 is 0 Å².